The maximum absolute atomic E-state index is 5.86. The Morgan fingerprint density at radius 2 is 1.89 bits per heavy atom. The average Bonchev–Trinajstić information content (AvgIpc) is 3.18. The van der Waals surface area contributed by atoms with E-state index in [9.17, 15) is 0 Å². The summed E-state index contributed by atoms with van der Waals surface area (Å²) in [6, 6.07) is 4.61. The van der Waals surface area contributed by atoms with Crippen LogP contribution in [0.4, 0.5) is 0 Å². The van der Waals surface area contributed by atoms with Crippen LogP contribution in [0.5, 0.6) is 0 Å². The Balaban J connectivity index is 0.000000902. The van der Waals surface area contributed by atoms with Crippen molar-refractivity contribution in [2.75, 3.05) is 26.2 Å². The highest BCUT2D eigenvalue weighted by atomic mass is 35.5. The number of nitrogens with zero attached hydrogens (tertiary/aromatic N) is 2. The van der Waals surface area contributed by atoms with Gasteiger partial charge in [0.05, 0.1) is 0 Å². The van der Waals surface area contributed by atoms with Crippen LogP contribution >= 0.6 is 36.4 Å². The standard InChI is InChI=1S/C13H18ClN3.2ClH/c14-12-4-3-11(9-16-12)13(10-1-2-10)17-7-5-15-6-8-17;;/h3-4,9-10,13,15H,1-2,5-8H2;2*1H/t13-;;/m0../s1. The van der Waals surface area contributed by atoms with Gasteiger partial charge in [0, 0.05) is 38.4 Å². The van der Waals surface area contributed by atoms with E-state index in [4.69, 9.17) is 11.6 Å². The summed E-state index contributed by atoms with van der Waals surface area (Å²) in [5.74, 6) is 0.830. The van der Waals surface area contributed by atoms with Gasteiger partial charge in [-0.05, 0) is 30.4 Å². The van der Waals surface area contributed by atoms with E-state index in [1.54, 1.807) is 0 Å². The molecule has 1 atom stereocenters. The zero-order valence-electron chi connectivity index (χ0n) is 10.7. The van der Waals surface area contributed by atoms with Crippen LogP contribution in [0.2, 0.25) is 5.15 Å². The molecule has 0 unspecified atom stereocenters. The van der Waals surface area contributed by atoms with Crippen LogP contribution in [0, 0.1) is 5.92 Å². The van der Waals surface area contributed by atoms with Crippen molar-refractivity contribution in [3.05, 3.63) is 29.0 Å². The lowest BCUT2D eigenvalue weighted by Gasteiger charge is -2.35. The molecule has 1 saturated heterocycles. The van der Waals surface area contributed by atoms with Gasteiger partial charge in [0.25, 0.3) is 0 Å². The molecule has 1 N–H and O–H groups in total. The number of hydrogen-bond donors (Lipinski definition) is 1. The van der Waals surface area contributed by atoms with E-state index in [-0.39, 0.29) is 24.8 Å². The molecule has 1 aromatic heterocycles. The van der Waals surface area contributed by atoms with E-state index < -0.39 is 0 Å². The zero-order valence-corrected chi connectivity index (χ0v) is 13.1. The molecule has 0 aromatic carbocycles. The summed E-state index contributed by atoms with van der Waals surface area (Å²) in [4.78, 5) is 6.82. The van der Waals surface area contributed by atoms with Gasteiger partial charge in [-0.25, -0.2) is 4.98 Å². The highest BCUT2D eigenvalue weighted by Gasteiger charge is 2.36. The summed E-state index contributed by atoms with van der Waals surface area (Å²) in [5.41, 5.74) is 1.33. The van der Waals surface area contributed by atoms with Crippen LogP contribution in [0.3, 0.4) is 0 Å². The Morgan fingerprint density at radius 3 is 2.42 bits per heavy atom. The number of rotatable bonds is 3. The number of halogens is 3. The van der Waals surface area contributed by atoms with Crippen LogP contribution in [0.25, 0.3) is 0 Å². The molecule has 1 aromatic rings. The van der Waals surface area contributed by atoms with E-state index >= 15 is 0 Å². The van der Waals surface area contributed by atoms with E-state index in [0.29, 0.717) is 11.2 Å². The van der Waals surface area contributed by atoms with Gasteiger partial charge in [0.1, 0.15) is 5.15 Å². The first-order valence-corrected chi connectivity index (χ1v) is 6.78. The summed E-state index contributed by atoms with van der Waals surface area (Å²) < 4.78 is 0. The van der Waals surface area contributed by atoms with Crippen molar-refractivity contribution < 1.29 is 0 Å². The van der Waals surface area contributed by atoms with Gasteiger partial charge in [-0.2, -0.15) is 0 Å². The van der Waals surface area contributed by atoms with Gasteiger partial charge in [-0.1, -0.05) is 17.7 Å². The van der Waals surface area contributed by atoms with Crippen molar-refractivity contribution in [2.24, 2.45) is 5.92 Å². The second-order valence-corrected chi connectivity index (χ2v) is 5.37. The first kappa shape index (κ1) is 17.0. The van der Waals surface area contributed by atoms with Gasteiger partial charge >= 0.3 is 0 Å². The topological polar surface area (TPSA) is 28.2 Å². The molecule has 2 heterocycles. The third-order valence-electron chi connectivity index (χ3n) is 3.71. The van der Waals surface area contributed by atoms with E-state index in [1.165, 1.54) is 18.4 Å². The minimum Gasteiger partial charge on any atom is -0.314 e. The van der Waals surface area contributed by atoms with Crippen molar-refractivity contribution in [1.29, 1.82) is 0 Å². The molecule has 0 radical (unpaired) electrons. The van der Waals surface area contributed by atoms with Crippen molar-refractivity contribution >= 4 is 36.4 Å². The molecule has 108 valence electrons. The van der Waals surface area contributed by atoms with Gasteiger partial charge < -0.3 is 5.32 Å². The van der Waals surface area contributed by atoms with Crippen molar-refractivity contribution in [1.82, 2.24) is 15.2 Å². The second-order valence-electron chi connectivity index (χ2n) is 4.98. The predicted octanol–water partition coefficient (Wildman–Crippen LogP) is 2.93. The van der Waals surface area contributed by atoms with Gasteiger partial charge in [0.2, 0.25) is 0 Å². The summed E-state index contributed by atoms with van der Waals surface area (Å²) in [5, 5.41) is 4.00. The lowest BCUT2D eigenvalue weighted by molar-refractivity contribution is 0.156. The van der Waals surface area contributed by atoms with Gasteiger partial charge in [-0.15, -0.1) is 24.8 Å². The third kappa shape index (κ3) is 4.20. The maximum atomic E-state index is 5.86. The molecule has 0 bridgehead atoms. The number of hydrogen-bond acceptors (Lipinski definition) is 3. The molecule has 2 aliphatic rings. The smallest absolute Gasteiger partial charge is 0.129 e. The highest BCUT2D eigenvalue weighted by molar-refractivity contribution is 6.29. The minimum absolute atomic E-state index is 0. The lowest BCUT2D eigenvalue weighted by atomic mass is 10.0. The zero-order chi connectivity index (χ0) is 11.7. The second kappa shape index (κ2) is 7.65. The number of nitrogens with one attached hydrogen (secondary N) is 1. The van der Waals surface area contributed by atoms with Gasteiger partial charge in [0.15, 0.2) is 0 Å². The normalized spacial score (nSPS) is 21.1. The Hall–Kier alpha value is -0.0600. The molecule has 3 nitrogen and oxygen atoms in total. The number of aromatic nitrogens is 1. The Kier molecular flexibility index (Phi) is 6.84. The SMILES string of the molecule is Cl.Cl.Clc1ccc([C@H](C2CC2)N2CCNCC2)cn1. The molecular weight excluding hydrogens is 305 g/mol. The number of piperazine rings is 1. The molecule has 1 saturated carbocycles. The minimum atomic E-state index is 0. The summed E-state index contributed by atoms with van der Waals surface area (Å²) in [6.07, 6.45) is 4.67. The van der Waals surface area contributed by atoms with E-state index in [1.807, 2.05) is 12.3 Å². The van der Waals surface area contributed by atoms with Crippen LogP contribution in [-0.2, 0) is 0 Å². The fraction of sp³-hybridized carbons (Fsp3) is 0.615. The maximum Gasteiger partial charge on any atom is 0.129 e. The molecule has 6 heteroatoms. The predicted molar refractivity (Wildman–Crippen MR) is 83.7 cm³/mol. The Bertz CT molecular complexity index is 375. The molecular formula is C13H20Cl3N3. The lowest BCUT2D eigenvalue weighted by Crippen LogP contribution is -2.45. The quantitative estimate of drug-likeness (QED) is 0.867. The molecule has 3 rings (SSSR count). The highest BCUT2D eigenvalue weighted by Crippen LogP contribution is 2.44. The van der Waals surface area contributed by atoms with Gasteiger partial charge in [-0.3, -0.25) is 4.90 Å². The first-order valence-electron chi connectivity index (χ1n) is 6.41. The summed E-state index contributed by atoms with van der Waals surface area (Å²) in [7, 11) is 0. The van der Waals surface area contributed by atoms with Crippen molar-refractivity contribution in [3.63, 3.8) is 0 Å². The molecule has 0 spiro atoms. The fourth-order valence-electron chi connectivity index (χ4n) is 2.72. The van der Waals surface area contributed by atoms with Crippen LogP contribution in [0.15, 0.2) is 18.3 Å². The largest absolute Gasteiger partial charge is 0.314 e. The average molecular weight is 325 g/mol. The Morgan fingerprint density at radius 1 is 1.21 bits per heavy atom. The first-order chi connectivity index (χ1) is 8.34. The third-order valence-corrected chi connectivity index (χ3v) is 3.93. The number of pyridine rings is 1. The molecule has 1 aliphatic carbocycles. The van der Waals surface area contributed by atoms with E-state index in [0.717, 1.165) is 32.1 Å². The molecule has 0 amide bonds. The van der Waals surface area contributed by atoms with E-state index in [2.05, 4.69) is 21.3 Å². The van der Waals surface area contributed by atoms with Crippen molar-refractivity contribution in [3.8, 4) is 0 Å². The Labute approximate surface area is 131 Å². The fourth-order valence-corrected chi connectivity index (χ4v) is 2.83. The molecule has 1 aliphatic heterocycles. The molecule has 2 fully saturated rings. The van der Waals surface area contributed by atoms with Crippen LogP contribution in [0.1, 0.15) is 24.4 Å². The summed E-state index contributed by atoms with van der Waals surface area (Å²) >= 11 is 5.86. The molecule has 19 heavy (non-hydrogen) atoms. The summed E-state index contributed by atoms with van der Waals surface area (Å²) in [6.45, 7) is 4.49. The van der Waals surface area contributed by atoms with Crippen LogP contribution < -0.4 is 5.32 Å². The van der Waals surface area contributed by atoms with Crippen LogP contribution in [-0.4, -0.2) is 36.1 Å². The van der Waals surface area contributed by atoms with Crippen molar-refractivity contribution in [2.45, 2.75) is 18.9 Å². The monoisotopic (exact) mass is 323 g/mol.